The molecule has 0 saturated carbocycles. The number of carbonyl (C=O) groups is 2. The van der Waals surface area contributed by atoms with Crippen LogP contribution in [0.5, 0.6) is 0 Å². The minimum Gasteiger partial charge on any atom is -0.354 e. The number of benzene rings is 3. The van der Waals surface area contributed by atoms with Gasteiger partial charge in [-0.2, -0.15) is 13.2 Å². The molecule has 3 rings (SSSR count). The van der Waals surface area contributed by atoms with E-state index in [1.54, 1.807) is 24.3 Å². The van der Waals surface area contributed by atoms with Crippen LogP contribution in [0.4, 0.5) is 18.9 Å². The van der Waals surface area contributed by atoms with Gasteiger partial charge in [-0.25, -0.2) is 8.42 Å². The second-order valence-electron chi connectivity index (χ2n) is 9.94. The molecule has 3 aromatic carbocycles. The van der Waals surface area contributed by atoms with Crippen molar-refractivity contribution < 1.29 is 31.2 Å². The van der Waals surface area contributed by atoms with Gasteiger partial charge in [0.15, 0.2) is 0 Å². The van der Waals surface area contributed by atoms with Gasteiger partial charge in [0.25, 0.3) is 0 Å². The van der Waals surface area contributed by atoms with Crippen LogP contribution in [0.15, 0.2) is 72.8 Å². The number of aryl methyl sites for hydroxylation is 1. The molecule has 0 aliphatic heterocycles. The largest absolute Gasteiger partial charge is 0.417 e. The lowest BCUT2D eigenvalue weighted by atomic mass is 10.0. The first-order valence-corrected chi connectivity index (χ1v) is 15.4. The molecule has 12 heteroatoms. The van der Waals surface area contributed by atoms with E-state index < -0.39 is 51.2 Å². The van der Waals surface area contributed by atoms with Crippen LogP contribution < -0.4 is 9.62 Å². The second-order valence-corrected chi connectivity index (χ2v) is 12.3. The van der Waals surface area contributed by atoms with Crippen molar-refractivity contribution in [1.82, 2.24) is 10.2 Å². The van der Waals surface area contributed by atoms with Gasteiger partial charge in [-0.1, -0.05) is 78.7 Å². The topological polar surface area (TPSA) is 86.8 Å². The monoisotopic (exact) mass is 623 g/mol. The molecule has 0 spiro atoms. The average molecular weight is 624 g/mol. The van der Waals surface area contributed by atoms with Crippen molar-refractivity contribution in [3.8, 4) is 0 Å². The quantitative estimate of drug-likeness (QED) is 0.285. The number of nitrogens with one attached hydrogen (secondary N) is 1. The lowest BCUT2D eigenvalue weighted by Crippen LogP contribution is -2.53. The summed E-state index contributed by atoms with van der Waals surface area (Å²) in [6.07, 6.45) is -3.28. The number of sulfonamides is 1. The Morgan fingerprint density at radius 2 is 1.64 bits per heavy atom. The van der Waals surface area contributed by atoms with Crippen molar-refractivity contribution in [1.29, 1.82) is 0 Å². The molecule has 3 aromatic rings. The van der Waals surface area contributed by atoms with Crippen LogP contribution in [-0.2, 0) is 38.8 Å². The minimum absolute atomic E-state index is 0.0381. The van der Waals surface area contributed by atoms with Gasteiger partial charge >= 0.3 is 6.18 Å². The number of anilines is 1. The molecule has 42 heavy (non-hydrogen) atoms. The summed E-state index contributed by atoms with van der Waals surface area (Å²) in [6.45, 7) is 3.24. The number of rotatable bonds is 12. The van der Waals surface area contributed by atoms with Crippen LogP contribution in [0.2, 0.25) is 5.02 Å². The molecule has 0 unspecified atom stereocenters. The third-order valence-corrected chi connectivity index (χ3v) is 7.95. The fraction of sp³-hybridized carbons (Fsp3) is 0.333. The maximum Gasteiger partial charge on any atom is 0.417 e. The van der Waals surface area contributed by atoms with E-state index in [9.17, 15) is 31.2 Å². The van der Waals surface area contributed by atoms with E-state index in [1.165, 1.54) is 4.90 Å². The Hall–Kier alpha value is -3.57. The summed E-state index contributed by atoms with van der Waals surface area (Å²) < 4.78 is 67.0. The van der Waals surface area contributed by atoms with E-state index in [4.69, 9.17) is 11.6 Å². The molecular weight excluding hydrogens is 591 g/mol. The number of hydrogen-bond donors (Lipinski definition) is 1. The highest BCUT2D eigenvalue weighted by Crippen LogP contribution is 2.37. The van der Waals surface area contributed by atoms with E-state index in [1.807, 2.05) is 44.2 Å². The zero-order valence-electron chi connectivity index (χ0n) is 23.5. The van der Waals surface area contributed by atoms with Crippen LogP contribution in [-0.4, -0.2) is 50.5 Å². The van der Waals surface area contributed by atoms with Gasteiger partial charge < -0.3 is 10.2 Å². The molecule has 7 nitrogen and oxygen atoms in total. The normalized spacial score (nSPS) is 12.5. The molecule has 0 bridgehead atoms. The van der Waals surface area contributed by atoms with Crippen molar-refractivity contribution >= 4 is 39.1 Å². The average Bonchev–Trinajstić information content (AvgIpc) is 2.92. The fourth-order valence-electron chi connectivity index (χ4n) is 4.43. The molecule has 0 aromatic heterocycles. The summed E-state index contributed by atoms with van der Waals surface area (Å²) in [5.74, 6) is -1.20. The van der Waals surface area contributed by atoms with Gasteiger partial charge in [0.05, 0.1) is 22.5 Å². The fourth-order valence-corrected chi connectivity index (χ4v) is 5.49. The van der Waals surface area contributed by atoms with Gasteiger partial charge in [-0.3, -0.25) is 13.9 Å². The Balaban J connectivity index is 2.09. The van der Waals surface area contributed by atoms with Gasteiger partial charge in [-0.15, -0.1) is 0 Å². The number of carbonyl (C=O) groups excluding carboxylic acids is 2. The van der Waals surface area contributed by atoms with Crippen LogP contribution >= 0.6 is 11.6 Å². The lowest BCUT2D eigenvalue weighted by molar-refractivity contribution is -0.140. The number of alkyl halides is 3. The van der Waals surface area contributed by atoms with Gasteiger partial charge in [0.1, 0.15) is 12.6 Å². The SMILES string of the molecule is CCCNC(=O)[C@H](Cc1ccccc1)N(Cc1cccc(C)c1)C(=O)CN(c1ccc(Cl)c(C(F)(F)F)c1)S(C)(=O)=O. The highest BCUT2D eigenvalue weighted by molar-refractivity contribution is 7.92. The third-order valence-electron chi connectivity index (χ3n) is 6.48. The Morgan fingerprint density at radius 3 is 2.24 bits per heavy atom. The van der Waals surface area contributed by atoms with Crippen molar-refractivity contribution in [3.05, 3.63) is 100 Å². The van der Waals surface area contributed by atoms with E-state index >= 15 is 0 Å². The number of amides is 2. The lowest BCUT2D eigenvalue weighted by Gasteiger charge is -2.33. The molecule has 0 saturated heterocycles. The van der Waals surface area contributed by atoms with Gasteiger partial charge in [-0.05, 0) is 42.7 Å². The standard InChI is InChI=1S/C30H33ClF3N3O4S/c1-4-15-35-29(39)27(17-22-10-6-5-7-11-22)36(19-23-12-8-9-21(2)16-23)28(38)20-37(42(3,40)41)24-13-14-26(31)25(18-24)30(32,33)34/h5-14,16,18,27H,4,15,17,19-20H2,1-3H3,(H,35,39)/t27-/m0/s1. The summed E-state index contributed by atoms with van der Waals surface area (Å²) in [5.41, 5.74) is 0.757. The molecule has 0 fully saturated rings. The molecule has 1 N–H and O–H groups in total. The number of hydrogen-bond acceptors (Lipinski definition) is 4. The molecule has 0 aliphatic carbocycles. The Bertz CT molecular complexity index is 1500. The highest BCUT2D eigenvalue weighted by Gasteiger charge is 2.36. The number of halogens is 4. The van der Waals surface area contributed by atoms with E-state index in [-0.39, 0.29) is 18.7 Å². The predicted molar refractivity (Wildman–Crippen MR) is 158 cm³/mol. The molecule has 0 heterocycles. The van der Waals surface area contributed by atoms with Crippen molar-refractivity contribution in [2.75, 3.05) is 23.7 Å². The van der Waals surface area contributed by atoms with E-state index in [0.29, 0.717) is 28.9 Å². The molecule has 1 atom stereocenters. The smallest absolute Gasteiger partial charge is 0.354 e. The van der Waals surface area contributed by atoms with Crippen LogP contribution in [0.1, 0.15) is 35.6 Å². The van der Waals surface area contributed by atoms with E-state index in [0.717, 1.165) is 29.5 Å². The second kappa shape index (κ2) is 14.1. The molecule has 0 aliphatic rings. The van der Waals surface area contributed by atoms with Gasteiger partial charge in [0.2, 0.25) is 21.8 Å². The molecule has 226 valence electrons. The summed E-state index contributed by atoms with van der Waals surface area (Å²) in [5, 5.41) is 2.22. The molecule has 2 amide bonds. The summed E-state index contributed by atoms with van der Waals surface area (Å²) in [4.78, 5) is 28.8. The zero-order valence-corrected chi connectivity index (χ0v) is 25.1. The summed E-state index contributed by atoms with van der Waals surface area (Å²) in [7, 11) is -4.25. The zero-order chi connectivity index (χ0) is 31.1. The maximum absolute atomic E-state index is 14.0. The maximum atomic E-state index is 14.0. The van der Waals surface area contributed by atoms with Crippen LogP contribution in [0.25, 0.3) is 0 Å². The first-order valence-electron chi connectivity index (χ1n) is 13.2. The minimum atomic E-state index is -4.85. The summed E-state index contributed by atoms with van der Waals surface area (Å²) in [6, 6.07) is 17.9. The Morgan fingerprint density at radius 1 is 0.976 bits per heavy atom. The third kappa shape index (κ3) is 8.96. The first kappa shape index (κ1) is 32.9. The van der Waals surface area contributed by atoms with Crippen LogP contribution in [0, 0.1) is 6.92 Å². The summed E-state index contributed by atoms with van der Waals surface area (Å²) >= 11 is 5.75. The number of nitrogens with zero attached hydrogens (tertiary/aromatic N) is 2. The Kier molecular flexibility index (Phi) is 11.0. The van der Waals surface area contributed by atoms with Crippen molar-refractivity contribution in [2.45, 2.75) is 45.5 Å². The molecule has 0 radical (unpaired) electrons. The first-order chi connectivity index (χ1) is 19.7. The van der Waals surface area contributed by atoms with Gasteiger partial charge in [0, 0.05) is 19.5 Å². The van der Waals surface area contributed by atoms with Crippen molar-refractivity contribution in [3.63, 3.8) is 0 Å². The predicted octanol–water partition coefficient (Wildman–Crippen LogP) is 5.60. The molecular formula is C30H33ClF3N3O4S. The van der Waals surface area contributed by atoms with Crippen molar-refractivity contribution in [2.24, 2.45) is 0 Å². The highest BCUT2D eigenvalue weighted by atomic mass is 35.5. The van der Waals surface area contributed by atoms with Crippen LogP contribution in [0.3, 0.4) is 0 Å². The Labute approximate surface area is 249 Å². The van der Waals surface area contributed by atoms with E-state index in [2.05, 4.69) is 5.32 Å².